The lowest BCUT2D eigenvalue weighted by molar-refractivity contribution is 0.593. The lowest BCUT2D eigenvalue weighted by atomic mass is 10.3. The van der Waals surface area contributed by atoms with E-state index in [1.807, 2.05) is 6.07 Å². The highest BCUT2D eigenvalue weighted by Crippen LogP contribution is 2.07. The predicted octanol–water partition coefficient (Wildman–Crippen LogP) is 1.19. The van der Waals surface area contributed by atoms with Crippen LogP contribution in [-0.4, -0.2) is 30.9 Å². The van der Waals surface area contributed by atoms with Crippen LogP contribution in [0, 0.1) is 11.3 Å². The van der Waals surface area contributed by atoms with Crippen molar-refractivity contribution in [1.29, 1.82) is 5.26 Å². The van der Waals surface area contributed by atoms with Gasteiger partial charge in [0.1, 0.15) is 17.6 Å². The lowest BCUT2D eigenvalue weighted by Crippen LogP contribution is -2.27. The Bertz CT molecular complexity index is 520. The molecule has 0 amide bonds. The maximum Gasteiger partial charge on any atom is 0.152 e. The predicted molar refractivity (Wildman–Crippen MR) is 66.4 cm³/mol. The average Bonchev–Trinajstić information content (AvgIpc) is 2.28. The molecule has 0 aliphatic carbocycles. The van der Waals surface area contributed by atoms with Crippen molar-refractivity contribution >= 4 is 15.7 Å². The average molecular weight is 253 g/mol. The summed E-state index contributed by atoms with van der Waals surface area (Å²) in [5.74, 6) is 0.704. The summed E-state index contributed by atoms with van der Waals surface area (Å²) in [5, 5.41) is 11.7. The molecule has 92 valence electrons. The summed E-state index contributed by atoms with van der Waals surface area (Å²) in [5.41, 5.74) is 0.306. The van der Waals surface area contributed by atoms with Crippen LogP contribution in [0.3, 0.4) is 0 Å². The molecule has 1 heterocycles. The number of pyridine rings is 1. The van der Waals surface area contributed by atoms with E-state index in [2.05, 4.69) is 10.3 Å². The Morgan fingerprint density at radius 2 is 2.24 bits per heavy atom. The Morgan fingerprint density at radius 1 is 1.53 bits per heavy atom. The number of nitrogens with one attached hydrogen (secondary N) is 1. The first-order valence-electron chi connectivity index (χ1n) is 5.31. The number of sulfone groups is 1. The summed E-state index contributed by atoms with van der Waals surface area (Å²) in [6.45, 7) is 3.39. The summed E-state index contributed by atoms with van der Waals surface area (Å²) < 4.78 is 22.8. The third kappa shape index (κ3) is 4.41. The Balaban J connectivity index is 2.69. The molecule has 0 bridgehead atoms. The van der Waals surface area contributed by atoms with Gasteiger partial charge in [0.25, 0.3) is 0 Å². The molecule has 5 nitrogen and oxygen atoms in total. The van der Waals surface area contributed by atoms with Crippen molar-refractivity contribution in [2.45, 2.75) is 19.9 Å². The molecule has 1 unspecified atom stereocenters. The van der Waals surface area contributed by atoms with Crippen molar-refractivity contribution in [2.24, 2.45) is 0 Å². The van der Waals surface area contributed by atoms with E-state index in [1.54, 1.807) is 32.0 Å². The quantitative estimate of drug-likeness (QED) is 0.852. The number of nitriles is 1. The first-order valence-corrected chi connectivity index (χ1v) is 7.13. The Hall–Kier alpha value is -1.61. The molecule has 1 rings (SSSR count). The fourth-order valence-corrected chi connectivity index (χ4v) is 2.45. The second-order valence-corrected chi connectivity index (χ2v) is 6.16. The molecule has 1 aromatic rings. The summed E-state index contributed by atoms with van der Waals surface area (Å²) in [6.07, 6.45) is 0. The van der Waals surface area contributed by atoms with Crippen LogP contribution in [0.1, 0.15) is 19.5 Å². The van der Waals surface area contributed by atoms with Gasteiger partial charge in [0.2, 0.25) is 0 Å². The third-order valence-electron chi connectivity index (χ3n) is 2.20. The molecule has 1 atom stereocenters. The second kappa shape index (κ2) is 5.64. The van der Waals surface area contributed by atoms with E-state index in [1.165, 1.54) is 0 Å². The van der Waals surface area contributed by atoms with Crippen molar-refractivity contribution in [3.8, 4) is 6.07 Å². The number of rotatable bonds is 5. The van der Waals surface area contributed by atoms with Crippen LogP contribution in [0.15, 0.2) is 18.2 Å². The van der Waals surface area contributed by atoms with Gasteiger partial charge in [-0.15, -0.1) is 0 Å². The normalized spacial score (nSPS) is 12.8. The van der Waals surface area contributed by atoms with Crippen molar-refractivity contribution in [3.05, 3.63) is 23.9 Å². The molecule has 6 heteroatoms. The van der Waals surface area contributed by atoms with Crippen LogP contribution in [0.4, 0.5) is 5.82 Å². The molecule has 0 saturated heterocycles. The maximum atomic E-state index is 11.4. The minimum absolute atomic E-state index is 0.0575. The molecule has 0 saturated carbocycles. The van der Waals surface area contributed by atoms with Crippen LogP contribution < -0.4 is 5.32 Å². The van der Waals surface area contributed by atoms with E-state index < -0.39 is 9.84 Å². The van der Waals surface area contributed by atoms with Gasteiger partial charge in [-0.05, 0) is 19.1 Å². The first-order chi connectivity index (χ1) is 7.96. The molecule has 0 aliphatic heterocycles. The summed E-state index contributed by atoms with van der Waals surface area (Å²) in [7, 11) is -3.01. The number of nitrogens with zero attached hydrogens (tertiary/aromatic N) is 2. The van der Waals surface area contributed by atoms with E-state index in [4.69, 9.17) is 5.26 Å². The Kier molecular flexibility index (Phi) is 4.46. The summed E-state index contributed by atoms with van der Waals surface area (Å²) in [6, 6.07) is 6.70. The lowest BCUT2D eigenvalue weighted by Gasteiger charge is -2.14. The molecular weight excluding hydrogens is 238 g/mol. The fourth-order valence-electron chi connectivity index (χ4n) is 1.37. The molecule has 0 aromatic carbocycles. The number of hydrogen-bond donors (Lipinski definition) is 1. The Labute approximate surface area is 101 Å². The van der Waals surface area contributed by atoms with E-state index in [0.717, 1.165) is 0 Å². The Morgan fingerprint density at radius 3 is 2.82 bits per heavy atom. The van der Waals surface area contributed by atoms with Gasteiger partial charge in [-0.3, -0.25) is 0 Å². The molecular formula is C11H15N3O2S. The monoisotopic (exact) mass is 253 g/mol. The largest absolute Gasteiger partial charge is 0.367 e. The molecule has 1 aromatic heterocycles. The minimum Gasteiger partial charge on any atom is -0.367 e. The van der Waals surface area contributed by atoms with Gasteiger partial charge in [-0.1, -0.05) is 13.0 Å². The number of aromatic nitrogens is 1. The zero-order valence-corrected chi connectivity index (χ0v) is 10.7. The number of anilines is 1. The second-order valence-electron chi connectivity index (χ2n) is 3.76. The van der Waals surface area contributed by atoms with Gasteiger partial charge >= 0.3 is 0 Å². The standard InChI is InChI=1S/C11H15N3O2S/c1-3-17(15,16)8-9(2)13-11-6-4-5-10(7-12)14-11/h4-6,9H,3,8H2,1-2H3,(H,13,14). The maximum absolute atomic E-state index is 11.4. The molecule has 1 N–H and O–H groups in total. The topological polar surface area (TPSA) is 82.9 Å². The van der Waals surface area contributed by atoms with E-state index in [0.29, 0.717) is 11.5 Å². The minimum atomic E-state index is -3.01. The highest BCUT2D eigenvalue weighted by molar-refractivity contribution is 7.91. The third-order valence-corrected chi connectivity index (χ3v) is 4.09. The van der Waals surface area contributed by atoms with Crippen molar-refractivity contribution in [1.82, 2.24) is 4.98 Å². The first kappa shape index (κ1) is 13.5. The van der Waals surface area contributed by atoms with E-state index in [-0.39, 0.29) is 17.5 Å². The van der Waals surface area contributed by atoms with Gasteiger partial charge < -0.3 is 5.32 Å². The van der Waals surface area contributed by atoms with Crippen LogP contribution in [-0.2, 0) is 9.84 Å². The van der Waals surface area contributed by atoms with E-state index >= 15 is 0 Å². The van der Waals surface area contributed by atoms with Crippen molar-refractivity contribution in [2.75, 3.05) is 16.8 Å². The fraction of sp³-hybridized carbons (Fsp3) is 0.455. The summed E-state index contributed by atoms with van der Waals surface area (Å²) in [4.78, 5) is 4.02. The highest BCUT2D eigenvalue weighted by Gasteiger charge is 2.13. The molecule has 0 fully saturated rings. The zero-order chi connectivity index (χ0) is 12.9. The zero-order valence-electron chi connectivity index (χ0n) is 9.84. The summed E-state index contributed by atoms with van der Waals surface area (Å²) >= 11 is 0. The molecule has 0 aliphatic rings. The van der Waals surface area contributed by atoms with Crippen LogP contribution in [0.5, 0.6) is 0 Å². The number of hydrogen-bond acceptors (Lipinski definition) is 5. The van der Waals surface area contributed by atoms with Gasteiger partial charge in [-0.2, -0.15) is 5.26 Å². The highest BCUT2D eigenvalue weighted by atomic mass is 32.2. The smallest absolute Gasteiger partial charge is 0.152 e. The van der Waals surface area contributed by atoms with Crippen LogP contribution in [0.25, 0.3) is 0 Å². The van der Waals surface area contributed by atoms with Gasteiger partial charge in [-0.25, -0.2) is 13.4 Å². The van der Waals surface area contributed by atoms with Crippen LogP contribution >= 0.6 is 0 Å². The van der Waals surface area contributed by atoms with Gasteiger partial charge in [0.15, 0.2) is 9.84 Å². The molecule has 0 spiro atoms. The van der Waals surface area contributed by atoms with E-state index in [9.17, 15) is 8.42 Å². The molecule has 17 heavy (non-hydrogen) atoms. The SMILES string of the molecule is CCS(=O)(=O)CC(C)Nc1cccc(C#N)n1. The van der Waals surface area contributed by atoms with Crippen molar-refractivity contribution in [3.63, 3.8) is 0 Å². The van der Waals surface area contributed by atoms with Crippen LogP contribution in [0.2, 0.25) is 0 Å². The van der Waals surface area contributed by atoms with Crippen molar-refractivity contribution < 1.29 is 8.42 Å². The van der Waals surface area contributed by atoms with Gasteiger partial charge in [0, 0.05) is 11.8 Å². The van der Waals surface area contributed by atoms with Gasteiger partial charge in [0.05, 0.1) is 5.75 Å². The molecule has 0 radical (unpaired) electrons.